The molecule has 0 aliphatic carbocycles. The second-order valence-electron chi connectivity index (χ2n) is 3.88. The maximum Gasteiger partial charge on any atom is 0.137 e. The Hall–Kier alpha value is -0.490. The van der Waals surface area contributed by atoms with Crippen LogP contribution in [0.2, 0.25) is 0 Å². The van der Waals surface area contributed by atoms with Crippen LogP contribution in [0, 0.1) is 5.82 Å². The Labute approximate surface area is 116 Å². The lowest BCUT2D eigenvalue weighted by Crippen LogP contribution is -2.17. The predicted octanol–water partition coefficient (Wildman–Crippen LogP) is 2.73. The van der Waals surface area contributed by atoms with Gasteiger partial charge in [0, 0.05) is 20.3 Å². The van der Waals surface area contributed by atoms with E-state index < -0.39 is 0 Å². The molecule has 3 nitrogen and oxygen atoms in total. The van der Waals surface area contributed by atoms with Gasteiger partial charge in [-0.2, -0.15) is 0 Å². The topological polar surface area (TPSA) is 30.5 Å². The van der Waals surface area contributed by atoms with Gasteiger partial charge in [0.05, 0.1) is 17.7 Å². The summed E-state index contributed by atoms with van der Waals surface area (Å²) < 4.78 is 23.9. The van der Waals surface area contributed by atoms with Crippen LogP contribution in [-0.4, -0.2) is 33.5 Å². The fourth-order valence-electron chi connectivity index (χ4n) is 1.43. The zero-order valence-corrected chi connectivity index (χ0v) is 12.1. The Morgan fingerprint density at radius 3 is 2.83 bits per heavy atom. The number of hydrogen-bond donors (Lipinski definition) is 1. The van der Waals surface area contributed by atoms with Crippen molar-refractivity contribution in [2.24, 2.45) is 0 Å². The van der Waals surface area contributed by atoms with Gasteiger partial charge in [0.2, 0.25) is 0 Å². The summed E-state index contributed by atoms with van der Waals surface area (Å²) in [6.45, 7) is 3.50. The molecule has 0 bridgehead atoms. The standard InChI is InChI=1S/C13H19BrFNO2/c1-17-7-8-18-6-2-5-16-10-11-3-4-12(14)13(15)9-11/h3-4,9,16H,2,5-8,10H2,1H3. The van der Waals surface area contributed by atoms with Gasteiger partial charge in [-0.3, -0.25) is 0 Å². The maximum atomic E-state index is 13.2. The first kappa shape index (κ1) is 15.6. The highest BCUT2D eigenvalue weighted by Crippen LogP contribution is 2.16. The Balaban J connectivity index is 2.05. The Kier molecular flexibility index (Phi) is 8.17. The molecule has 0 saturated carbocycles. The van der Waals surface area contributed by atoms with Gasteiger partial charge < -0.3 is 14.8 Å². The predicted molar refractivity (Wildman–Crippen MR) is 73.1 cm³/mol. The van der Waals surface area contributed by atoms with E-state index in [1.807, 2.05) is 6.07 Å². The summed E-state index contributed by atoms with van der Waals surface area (Å²) in [5.41, 5.74) is 0.941. The number of hydrogen-bond acceptors (Lipinski definition) is 3. The van der Waals surface area contributed by atoms with Crippen molar-refractivity contribution in [1.29, 1.82) is 0 Å². The number of nitrogens with one attached hydrogen (secondary N) is 1. The lowest BCUT2D eigenvalue weighted by atomic mass is 10.2. The van der Waals surface area contributed by atoms with E-state index >= 15 is 0 Å². The molecular formula is C13H19BrFNO2. The third-order valence-electron chi connectivity index (χ3n) is 2.39. The molecule has 0 spiro atoms. The van der Waals surface area contributed by atoms with Crippen molar-refractivity contribution < 1.29 is 13.9 Å². The Morgan fingerprint density at radius 2 is 2.11 bits per heavy atom. The zero-order valence-electron chi connectivity index (χ0n) is 10.5. The van der Waals surface area contributed by atoms with E-state index in [1.165, 1.54) is 6.07 Å². The molecule has 1 aromatic carbocycles. The third-order valence-corrected chi connectivity index (χ3v) is 3.03. The molecule has 0 aliphatic rings. The van der Waals surface area contributed by atoms with Crippen LogP contribution < -0.4 is 5.32 Å². The molecule has 1 aromatic rings. The van der Waals surface area contributed by atoms with Crippen molar-refractivity contribution in [3.63, 3.8) is 0 Å². The number of halogens is 2. The summed E-state index contributed by atoms with van der Waals surface area (Å²) in [5.74, 6) is -0.225. The number of rotatable bonds is 9. The summed E-state index contributed by atoms with van der Waals surface area (Å²) in [6.07, 6.45) is 0.933. The van der Waals surface area contributed by atoms with Crippen LogP contribution in [0.3, 0.4) is 0 Å². The van der Waals surface area contributed by atoms with Gasteiger partial charge in [-0.05, 0) is 46.6 Å². The van der Waals surface area contributed by atoms with Crippen LogP contribution in [-0.2, 0) is 16.0 Å². The molecular weight excluding hydrogens is 301 g/mol. The molecule has 18 heavy (non-hydrogen) atoms. The molecule has 0 fully saturated rings. The fourth-order valence-corrected chi connectivity index (χ4v) is 1.67. The Morgan fingerprint density at radius 1 is 1.28 bits per heavy atom. The first-order valence-corrected chi connectivity index (χ1v) is 6.74. The smallest absolute Gasteiger partial charge is 0.137 e. The van der Waals surface area contributed by atoms with E-state index in [4.69, 9.17) is 9.47 Å². The van der Waals surface area contributed by atoms with Crippen molar-refractivity contribution in [1.82, 2.24) is 5.32 Å². The van der Waals surface area contributed by atoms with Crippen molar-refractivity contribution >= 4 is 15.9 Å². The van der Waals surface area contributed by atoms with Gasteiger partial charge in [-0.15, -0.1) is 0 Å². The quantitative estimate of drug-likeness (QED) is 0.710. The van der Waals surface area contributed by atoms with Crippen molar-refractivity contribution in [3.8, 4) is 0 Å². The van der Waals surface area contributed by atoms with Gasteiger partial charge in [0.25, 0.3) is 0 Å². The van der Waals surface area contributed by atoms with Gasteiger partial charge in [0.1, 0.15) is 5.82 Å². The second kappa shape index (κ2) is 9.44. The molecule has 5 heteroatoms. The molecule has 0 heterocycles. The van der Waals surface area contributed by atoms with Crippen LogP contribution in [0.15, 0.2) is 22.7 Å². The third kappa shape index (κ3) is 6.44. The number of benzene rings is 1. The van der Waals surface area contributed by atoms with E-state index in [0.29, 0.717) is 30.8 Å². The molecule has 0 atom stereocenters. The number of methoxy groups -OCH3 is 1. The largest absolute Gasteiger partial charge is 0.382 e. The van der Waals surface area contributed by atoms with E-state index in [-0.39, 0.29) is 5.82 Å². The normalized spacial score (nSPS) is 10.8. The van der Waals surface area contributed by atoms with Gasteiger partial charge >= 0.3 is 0 Å². The summed E-state index contributed by atoms with van der Waals surface area (Å²) in [7, 11) is 1.66. The van der Waals surface area contributed by atoms with E-state index in [2.05, 4.69) is 21.2 Å². The molecule has 1 N–H and O–H groups in total. The van der Waals surface area contributed by atoms with Crippen LogP contribution in [0.5, 0.6) is 0 Å². The van der Waals surface area contributed by atoms with E-state index in [0.717, 1.165) is 18.5 Å². The SMILES string of the molecule is COCCOCCCNCc1ccc(Br)c(F)c1. The molecule has 0 aliphatic heterocycles. The average molecular weight is 320 g/mol. The van der Waals surface area contributed by atoms with Crippen LogP contribution in [0.25, 0.3) is 0 Å². The molecule has 1 rings (SSSR count). The van der Waals surface area contributed by atoms with Crippen LogP contribution in [0.4, 0.5) is 4.39 Å². The second-order valence-corrected chi connectivity index (χ2v) is 4.74. The Bertz CT molecular complexity index is 350. The zero-order chi connectivity index (χ0) is 13.2. The summed E-state index contributed by atoms with van der Waals surface area (Å²) >= 11 is 3.13. The maximum absolute atomic E-state index is 13.2. The summed E-state index contributed by atoms with van der Waals surface area (Å²) in [6, 6.07) is 5.15. The number of ether oxygens (including phenoxy) is 2. The van der Waals surface area contributed by atoms with Crippen molar-refractivity contribution in [2.45, 2.75) is 13.0 Å². The highest BCUT2D eigenvalue weighted by atomic mass is 79.9. The molecule has 102 valence electrons. The molecule has 0 radical (unpaired) electrons. The minimum atomic E-state index is -0.225. The highest BCUT2D eigenvalue weighted by Gasteiger charge is 2.00. The molecule has 0 aromatic heterocycles. The lowest BCUT2D eigenvalue weighted by Gasteiger charge is -2.06. The molecule has 0 unspecified atom stereocenters. The minimum absolute atomic E-state index is 0.225. The van der Waals surface area contributed by atoms with Gasteiger partial charge in [0.15, 0.2) is 0 Å². The van der Waals surface area contributed by atoms with Crippen molar-refractivity contribution in [3.05, 3.63) is 34.1 Å². The van der Waals surface area contributed by atoms with Crippen LogP contribution >= 0.6 is 15.9 Å². The molecule has 0 saturated heterocycles. The first-order valence-electron chi connectivity index (χ1n) is 5.95. The summed E-state index contributed by atoms with van der Waals surface area (Å²) in [4.78, 5) is 0. The van der Waals surface area contributed by atoms with Crippen LogP contribution in [0.1, 0.15) is 12.0 Å². The van der Waals surface area contributed by atoms with E-state index in [9.17, 15) is 4.39 Å². The van der Waals surface area contributed by atoms with Gasteiger partial charge in [-0.1, -0.05) is 6.07 Å². The average Bonchev–Trinajstić information content (AvgIpc) is 2.37. The first-order chi connectivity index (χ1) is 8.74. The lowest BCUT2D eigenvalue weighted by molar-refractivity contribution is 0.0695. The minimum Gasteiger partial charge on any atom is -0.382 e. The van der Waals surface area contributed by atoms with E-state index in [1.54, 1.807) is 13.2 Å². The van der Waals surface area contributed by atoms with Gasteiger partial charge in [-0.25, -0.2) is 4.39 Å². The monoisotopic (exact) mass is 319 g/mol. The summed E-state index contributed by atoms with van der Waals surface area (Å²) in [5, 5.41) is 3.25. The molecule has 0 amide bonds. The highest BCUT2D eigenvalue weighted by molar-refractivity contribution is 9.10. The van der Waals surface area contributed by atoms with Crippen molar-refractivity contribution in [2.75, 3.05) is 33.5 Å². The fraction of sp³-hybridized carbons (Fsp3) is 0.538.